The number of nitrogens with two attached hydrogens (primary N) is 1. The molecule has 3 atom stereocenters. The maximum absolute atomic E-state index is 6.38. The van der Waals surface area contributed by atoms with E-state index in [4.69, 9.17) is 15.7 Å². The average molecular weight is 389 g/mol. The van der Waals surface area contributed by atoms with E-state index >= 15 is 0 Å². The van der Waals surface area contributed by atoms with Crippen molar-refractivity contribution in [2.45, 2.75) is 39.5 Å². The van der Waals surface area contributed by atoms with Crippen molar-refractivity contribution >= 4 is 39.1 Å². The molecular formula is C20H28N4S2. The van der Waals surface area contributed by atoms with Gasteiger partial charge in [0.15, 0.2) is 0 Å². The molecule has 1 aliphatic carbocycles. The van der Waals surface area contributed by atoms with Gasteiger partial charge in [-0.25, -0.2) is 9.97 Å². The largest absolute Gasteiger partial charge is 0.383 e. The van der Waals surface area contributed by atoms with Crippen molar-refractivity contribution in [2.75, 3.05) is 36.9 Å². The van der Waals surface area contributed by atoms with Crippen molar-refractivity contribution in [1.29, 1.82) is 0 Å². The van der Waals surface area contributed by atoms with E-state index in [2.05, 4.69) is 30.5 Å². The van der Waals surface area contributed by atoms with Gasteiger partial charge in [0.1, 0.15) is 16.5 Å². The predicted molar refractivity (Wildman–Crippen MR) is 112 cm³/mol. The number of nitrogens with zero attached hydrogens (tertiary/aromatic N) is 3. The van der Waals surface area contributed by atoms with Gasteiger partial charge in [-0.05, 0) is 47.8 Å². The molecular weight excluding hydrogens is 360 g/mol. The van der Waals surface area contributed by atoms with Gasteiger partial charge in [0, 0.05) is 36.7 Å². The Balaban J connectivity index is 1.34. The number of hydrogen-bond donors (Lipinski definition) is 1. The molecule has 2 aliphatic heterocycles. The summed E-state index contributed by atoms with van der Waals surface area (Å²) < 4.78 is 0. The molecule has 0 aromatic carbocycles. The molecule has 5 rings (SSSR count). The van der Waals surface area contributed by atoms with Crippen LogP contribution in [0.3, 0.4) is 0 Å². The van der Waals surface area contributed by atoms with Gasteiger partial charge >= 0.3 is 0 Å². The van der Waals surface area contributed by atoms with E-state index in [0.29, 0.717) is 11.2 Å². The van der Waals surface area contributed by atoms with E-state index in [9.17, 15) is 0 Å². The van der Waals surface area contributed by atoms with Crippen LogP contribution in [-0.2, 0) is 19.3 Å². The summed E-state index contributed by atoms with van der Waals surface area (Å²) in [5, 5.41) is 1.15. The van der Waals surface area contributed by atoms with E-state index in [1.165, 1.54) is 47.9 Å². The monoisotopic (exact) mass is 388 g/mol. The number of hydrogen-bond acceptors (Lipinski definition) is 6. The fourth-order valence-electron chi connectivity index (χ4n) is 5.04. The Labute approximate surface area is 164 Å². The summed E-state index contributed by atoms with van der Waals surface area (Å²) in [5.41, 5.74) is 8.34. The molecule has 6 heteroatoms. The molecule has 2 N–H and O–H groups in total. The third-order valence-electron chi connectivity index (χ3n) is 6.68. The first-order valence-electron chi connectivity index (χ1n) is 9.88. The third kappa shape index (κ3) is 2.85. The Hall–Kier alpha value is -0.850. The van der Waals surface area contributed by atoms with E-state index < -0.39 is 0 Å². The van der Waals surface area contributed by atoms with Gasteiger partial charge in [-0.15, -0.1) is 11.3 Å². The minimum Gasteiger partial charge on any atom is -0.383 e. The highest BCUT2D eigenvalue weighted by Gasteiger charge is 2.46. The minimum atomic E-state index is 0.526. The molecule has 26 heavy (non-hydrogen) atoms. The highest BCUT2D eigenvalue weighted by atomic mass is 32.2. The summed E-state index contributed by atoms with van der Waals surface area (Å²) in [6.07, 6.45) is 4.48. The molecule has 0 spiro atoms. The molecule has 2 fully saturated rings. The Bertz CT molecular complexity index is 848. The Morgan fingerprint density at radius 1 is 1.35 bits per heavy atom. The summed E-state index contributed by atoms with van der Waals surface area (Å²) in [5.74, 6) is 5.94. The highest BCUT2D eigenvalue weighted by Crippen LogP contribution is 2.46. The van der Waals surface area contributed by atoms with E-state index in [-0.39, 0.29) is 0 Å². The van der Waals surface area contributed by atoms with Crippen molar-refractivity contribution < 1.29 is 0 Å². The standard InChI is InChI=1S/C20H28N4S2/c1-12-3-4-14-15(7-12)26-19-17(14)18(21)22-16(23-19)5-6-24-8-13-9-25-11-20(13,2)10-24/h12-13H,3-11H2,1-2H3,(H2,21,22,23)/t12?,13-,20+/m1/s1. The van der Waals surface area contributed by atoms with Crippen LogP contribution < -0.4 is 5.73 Å². The second-order valence-corrected chi connectivity index (χ2v) is 11.0. The zero-order valence-electron chi connectivity index (χ0n) is 15.8. The van der Waals surface area contributed by atoms with E-state index in [1.807, 2.05) is 11.3 Å². The number of fused-ring (bicyclic) bond motifs is 4. The fourth-order valence-corrected chi connectivity index (χ4v) is 8.16. The van der Waals surface area contributed by atoms with Crippen molar-refractivity contribution in [2.24, 2.45) is 17.3 Å². The minimum absolute atomic E-state index is 0.526. The summed E-state index contributed by atoms with van der Waals surface area (Å²) >= 11 is 3.99. The Morgan fingerprint density at radius 3 is 3.08 bits per heavy atom. The highest BCUT2D eigenvalue weighted by molar-refractivity contribution is 7.99. The zero-order chi connectivity index (χ0) is 17.9. The van der Waals surface area contributed by atoms with Crippen LogP contribution >= 0.6 is 23.1 Å². The van der Waals surface area contributed by atoms with Crippen LogP contribution in [0.1, 0.15) is 36.5 Å². The van der Waals surface area contributed by atoms with Gasteiger partial charge in [-0.2, -0.15) is 11.8 Å². The van der Waals surface area contributed by atoms with E-state index in [1.54, 1.807) is 0 Å². The summed E-state index contributed by atoms with van der Waals surface area (Å²) in [4.78, 5) is 14.8. The average Bonchev–Trinajstić information content (AvgIpc) is 3.21. The maximum atomic E-state index is 6.38. The van der Waals surface area contributed by atoms with Crippen LogP contribution in [0.4, 0.5) is 5.82 Å². The van der Waals surface area contributed by atoms with Gasteiger partial charge in [0.05, 0.1) is 5.39 Å². The number of aromatic nitrogens is 2. The third-order valence-corrected chi connectivity index (χ3v) is 9.33. The molecule has 0 bridgehead atoms. The predicted octanol–water partition coefficient (Wildman–Crippen LogP) is 3.63. The van der Waals surface area contributed by atoms with Crippen molar-refractivity contribution in [1.82, 2.24) is 14.9 Å². The molecule has 0 amide bonds. The van der Waals surface area contributed by atoms with Gasteiger partial charge in [0.25, 0.3) is 0 Å². The van der Waals surface area contributed by atoms with Crippen molar-refractivity contribution in [3.05, 3.63) is 16.3 Å². The first-order chi connectivity index (χ1) is 12.5. The number of likely N-dealkylation sites (tertiary alicyclic amines) is 1. The molecule has 4 nitrogen and oxygen atoms in total. The number of nitrogen functional groups attached to an aromatic ring is 1. The lowest BCUT2D eigenvalue weighted by atomic mass is 9.84. The number of thiophene rings is 1. The maximum Gasteiger partial charge on any atom is 0.136 e. The zero-order valence-corrected chi connectivity index (χ0v) is 17.4. The second-order valence-electron chi connectivity index (χ2n) is 8.91. The van der Waals surface area contributed by atoms with Crippen LogP contribution in [0.25, 0.3) is 10.2 Å². The van der Waals surface area contributed by atoms with Crippen LogP contribution in [0.2, 0.25) is 0 Å². The lowest BCUT2D eigenvalue weighted by Gasteiger charge is -2.22. The first kappa shape index (κ1) is 17.3. The molecule has 3 aliphatic rings. The molecule has 4 heterocycles. The summed E-state index contributed by atoms with van der Waals surface area (Å²) in [6, 6.07) is 0. The van der Waals surface area contributed by atoms with Gasteiger partial charge < -0.3 is 10.6 Å². The van der Waals surface area contributed by atoms with Crippen LogP contribution in [0.15, 0.2) is 0 Å². The summed E-state index contributed by atoms with van der Waals surface area (Å²) in [6.45, 7) is 8.34. The SMILES string of the molecule is CC1CCc2c(sc3nc(CCN4C[C@@H]5CSC[C@]5(C)C4)nc(N)c23)C1. The topological polar surface area (TPSA) is 55.0 Å². The number of rotatable bonds is 3. The number of anilines is 1. The normalized spacial score (nSPS) is 31.5. The second kappa shape index (κ2) is 6.35. The number of thioether (sulfide) groups is 1. The van der Waals surface area contributed by atoms with E-state index in [0.717, 1.165) is 47.3 Å². The smallest absolute Gasteiger partial charge is 0.136 e. The lowest BCUT2D eigenvalue weighted by molar-refractivity contribution is 0.292. The summed E-state index contributed by atoms with van der Waals surface area (Å²) in [7, 11) is 0. The fraction of sp³-hybridized carbons (Fsp3) is 0.700. The lowest BCUT2D eigenvalue weighted by Crippen LogP contribution is -2.28. The van der Waals surface area contributed by atoms with Gasteiger partial charge in [-0.3, -0.25) is 0 Å². The first-order valence-corrected chi connectivity index (χ1v) is 11.9. The molecule has 1 unspecified atom stereocenters. The van der Waals surface area contributed by atoms with Crippen molar-refractivity contribution in [3.63, 3.8) is 0 Å². The van der Waals surface area contributed by atoms with Crippen LogP contribution in [-0.4, -0.2) is 46.0 Å². The molecule has 0 saturated carbocycles. The Kier molecular flexibility index (Phi) is 4.22. The number of aryl methyl sites for hydroxylation is 1. The molecule has 2 aromatic heterocycles. The Morgan fingerprint density at radius 2 is 2.23 bits per heavy atom. The van der Waals surface area contributed by atoms with Crippen LogP contribution in [0, 0.1) is 17.3 Å². The molecule has 2 saturated heterocycles. The molecule has 0 radical (unpaired) electrons. The van der Waals surface area contributed by atoms with Crippen molar-refractivity contribution in [3.8, 4) is 0 Å². The molecule has 140 valence electrons. The quantitative estimate of drug-likeness (QED) is 0.870. The molecule has 2 aromatic rings. The van der Waals surface area contributed by atoms with Gasteiger partial charge in [-0.1, -0.05) is 13.8 Å². The van der Waals surface area contributed by atoms with Crippen LogP contribution in [0.5, 0.6) is 0 Å². The van der Waals surface area contributed by atoms with Gasteiger partial charge in [0.2, 0.25) is 0 Å².